The topological polar surface area (TPSA) is 45.5 Å². The summed E-state index contributed by atoms with van der Waals surface area (Å²) < 4.78 is 1.98. The molecule has 0 radical (unpaired) electrons. The van der Waals surface area contributed by atoms with Crippen molar-refractivity contribution in [2.45, 2.75) is 18.9 Å². The highest BCUT2D eigenvalue weighted by Gasteiger charge is 2.25. The Hall–Kier alpha value is -1.81. The van der Waals surface area contributed by atoms with Gasteiger partial charge in [0, 0.05) is 37.2 Å². The van der Waals surface area contributed by atoms with E-state index in [1.807, 2.05) is 42.1 Å². The summed E-state index contributed by atoms with van der Waals surface area (Å²) in [6, 6.07) is 7.91. The van der Waals surface area contributed by atoms with Crippen LogP contribution in [0.5, 0.6) is 0 Å². The van der Waals surface area contributed by atoms with Gasteiger partial charge in [0.1, 0.15) is 0 Å². The Balaban J connectivity index is 1.97. The predicted molar refractivity (Wildman–Crippen MR) is 74.1 cm³/mol. The van der Waals surface area contributed by atoms with Crippen LogP contribution < -0.4 is 0 Å². The molecular weight excluding hydrogens is 240 g/mol. The minimum Gasteiger partial charge on any atom is -0.391 e. The number of likely N-dealkylation sites (tertiary alicyclic amines) is 1. The molecule has 1 aliphatic rings. The van der Waals surface area contributed by atoms with Crippen LogP contribution in [-0.2, 0) is 7.05 Å². The molecule has 4 nitrogen and oxygen atoms in total. The molecule has 1 aromatic carbocycles. The lowest BCUT2D eigenvalue weighted by molar-refractivity contribution is 0.0475. The van der Waals surface area contributed by atoms with Gasteiger partial charge < -0.3 is 14.6 Å². The van der Waals surface area contributed by atoms with Gasteiger partial charge >= 0.3 is 0 Å². The molecule has 0 bridgehead atoms. The number of amides is 1. The number of hydrogen-bond acceptors (Lipinski definition) is 2. The first kappa shape index (κ1) is 12.2. The number of aliphatic hydroxyl groups is 1. The van der Waals surface area contributed by atoms with Crippen LogP contribution in [0, 0.1) is 0 Å². The molecule has 0 saturated carbocycles. The molecule has 1 fully saturated rings. The maximum atomic E-state index is 12.6. The van der Waals surface area contributed by atoms with Gasteiger partial charge in [-0.2, -0.15) is 0 Å². The second kappa shape index (κ2) is 4.70. The van der Waals surface area contributed by atoms with Crippen molar-refractivity contribution in [3.63, 3.8) is 0 Å². The highest BCUT2D eigenvalue weighted by Crippen LogP contribution is 2.23. The number of para-hydroxylation sites is 1. The fourth-order valence-electron chi connectivity index (χ4n) is 2.82. The zero-order valence-corrected chi connectivity index (χ0v) is 11.0. The number of carbonyl (C=O) groups is 1. The Bertz CT molecular complexity index is 618. The van der Waals surface area contributed by atoms with E-state index in [1.165, 1.54) is 0 Å². The molecule has 1 saturated heterocycles. The van der Waals surface area contributed by atoms with Crippen molar-refractivity contribution < 1.29 is 9.90 Å². The third-order valence-electron chi connectivity index (χ3n) is 3.81. The molecule has 1 atom stereocenters. The smallest absolute Gasteiger partial charge is 0.256 e. The molecular formula is C15H18N2O2. The minimum absolute atomic E-state index is 0.0237. The minimum atomic E-state index is -0.382. The van der Waals surface area contributed by atoms with Crippen LogP contribution >= 0.6 is 0 Å². The van der Waals surface area contributed by atoms with Gasteiger partial charge in [0.25, 0.3) is 5.91 Å². The van der Waals surface area contributed by atoms with Gasteiger partial charge in [0.15, 0.2) is 0 Å². The van der Waals surface area contributed by atoms with E-state index in [9.17, 15) is 9.90 Å². The molecule has 0 aliphatic carbocycles. The summed E-state index contributed by atoms with van der Waals surface area (Å²) >= 11 is 0. The predicted octanol–water partition coefficient (Wildman–Crippen LogP) is 1.78. The quantitative estimate of drug-likeness (QED) is 0.847. The highest BCUT2D eigenvalue weighted by molar-refractivity contribution is 6.07. The fourth-order valence-corrected chi connectivity index (χ4v) is 2.82. The van der Waals surface area contributed by atoms with Gasteiger partial charge in [0.05, 0.1) is 11.7 Å². The normalized spacial score (nSPS) is 19.9. The van der Waals surface area contributed by atoms with Crippen LogP contribution in [0.25, 0.3) is 10.9 Å². The van der Waals surface area contributed by atoms with Crippen LogP contribution in [0.15, 0.2) is 30.5 Å². The summed E-state index contributed by atoms with van der Waals surface area (Å²) in [4.78, 5) is 14.3. The lowest BCUT2D eigenvalue weighted by atomic mass is 10.1. The molecule has 100 valence electrons. The lowest BCUT2D eigenvalue weighted by Gasteiger charge is -2.30. The fraction of sp³-hybridized carbons (Fsp3) is 0.400. The first-order valence-electron chi connectivity index (χ1n) is 6.68. The molecule has 2 aromatic rings. The Labute approximate surface area is 112 Å². The van der Waals surface area contributed by atoms with Gasteiger partial charge in [-0.05, 0) is 18.9 Å². The molecule has 1 N–H and O–H groups in total. The van der Waals surface area contributed by atoms with Crippen molar-refractivity contribution in [1.82, 2.24) is 9.47 Å². The van der Waals surface area contributed by atoms with E-state index in [0.29, 0.717) is 6.54 Å². The number of hydrogen-bond donors (Lipinski definition) is 1. The molecule has 1 aliphatic heterocycles. The number of benzene rings is 1. The van der Waals surface area contributed by atoms with E-state index in [4.69, 9.17) is 0 Å². The lowest BCUT2D eigenvalue weighted by Crippen LogP contribution is -2.42. The van der Waals surface area contributed by atoms with Crippen LogP contribution in [0.3, 0.4) is 0 Å². The molecule has 19 heavy (non-hydrogen) atoms. The first-order valence-corrected chi connectivity index (χ1v) is 6.68. The number of aliphatic hydroxyl groups excluding tert-OH is 1. The molecule has 1 aromatic heterocycles. The largest absolute Gasteiger partial charge is 0.391 e. The number of nitrogens with zero attached hydrogens (tertiary/aromatic N) is 2. The van der Waals surface area contributed by atoms with Crippen molar-refractivity contribution in [3.05, 3.63) is 36.0 Å². The standard InChI is InChI=1S/C15H18N2O2/c1-16-10-13(12-6-2-3-7-14(12)16)15(19)17-8-4-5-11(18)9-17/h2-3,6-7,10-11,18H,4-5,8-9H2,1H3/t11-/m1/s1. The Morgan fingerprint density at radius 2 is 2.16 bits per heavy atom. The average Bonchev–Trinajstić information content (AvgIpc) is 2.76. The van der Waals surface area contributed by atoms with Gasteiger partial charge in [0.2, 0.25) is 0 Å². The molecule has 3 rings (SSSR count). The maximum Gasteiger partial charge on any atom is 0.256 e. The molecule has 2 heterocycles. The number of β-amino-alcohol motifs (C(OH)–C–C–N with tert-alkyl or cyclic N) is 1. The summed E-state index contributed by atoms with van der Waals surface area (Å²) in [5.74, 6) is 0.0237. The van der Waals surface area contributed by atoms with Gasteiger partial charge in [-0.1, -0.05) is 18.2 Å². The van der Waals surface area contributed by atoms with E-state index < -0.39 is 0 Å². The Kier molecular flexibility index (Phi) is 3.03. The van der Waals surface area contributed by atoms with E-state index in [-0.39, 0.29) is 12.0 Å². The Morgan fingerprint density at radius 1 is 1.37 bits per heavy atom. The third-order valence-corrected chi connectivity index (χ3v) is 3.81. The van der Waals surface area contributed by atoms with Gasteiger partial charge in [-0.15, -0.1) is 0 Å². The summed E-state index contributed by atoms with van der Waals surface area (Å²) in [6.07, 6.45) is 3.16. The second-order valence-corrected chi connectivity index (χ2v) is 5.22. The average molecular weight is 258 g/mol. The number of aryl methyl sites for hydroxylation is 1. The van der Waals surface area contributed by atoms with Crippen LogP contribution in [0.2, 0.25) is 0 Å². The van der Waals surface area contributed by atoms with Crippen molar-refractivity contribution in [2.75, 3.05) is 13.1 Å². The van der Waals surface area contributed by atoms with E-state index in [2.05, 4.69) is 0 Å². The SMILES string of the molecule is Cn1cc(C(=O)N2CCC[C@@H](O)C2)c2ccccc21. The summed E-state index contributed by atoms with van der Waals surface area (Å²) in [6.45, 7) is 1.18. The monoisotopic (exact) mass is 258 g/mol. The van der Waals surface area contributed by atoms with Crippen molar-refractivity contribution in [1.29, 1.82) is 0 Å². The number of carbonyl (C=O) groups excluding carboxylic acids is 1. The molecule has 0 spiro atoms. The van der Waals surface area contributed by atoms with E-state index in [0.717, 1.165) is 35.9 Å². The van der Waals surface area contributed by atoms with Crippen molar-refractivity contribution >= 4 is 16.8 Å². The van der Waals surface area contributed by atoms with Crippen molar-refractivity contribution in [3.8, 4) is 0 Å². The molecule has 4 heteroatoms. The van der Waals surface area contributed by atoms with E-state index >= 15 is 0 Å². The van der Waals surface area contributed by atoms with Crippen LogP contribution in [0.4, 0.5) is 0 Å². The summed E-state index contributed by atoms with van der Waals surface area (Å²) in [5, 5.41) is 10.7. The zero-order valence-electron chi connectivity index (χ0n) is 11.0. The van der Waals surface area contributed by atoms with Crippen LogP contribution in [0.1, 0.15) is 23.2 Å². The van der Waals surface area contributed by atoms with Gasteiger partial charge in [-0.3, -0.25) is 4.79 Å². The number of aromatic nitrogens is 1. The highest BCUT2D eigenvalue weighted by atomic mass is 16.3. The second-order valence-electron chi connectivity index (χ2n) is 5.22. The third kappa shape index (κ3) is 2.12. The van der Waals surface area contributed by atoms with Crippen LogP contribution in [-0.4, -0.2) is 39.7 Å². The summed E-state index contributed by atoms with van der Waals surface area (Å²) in [5.41, 5.74) is 1.79. The van der Waals surface area contributed by atoms with Crippen molar-refractivity contribution in [2.24, 2.45) is 7.05 Å². The Morgan fingerprint density at radius 3 is 2.95 bits per heavy atom. The number of rotatable bonds is 1. The molecule has 1 amide bonds. The number of piperidine rings is 1. The number of fused-ring (bicyclic) bond motifs is 1. The van der Waals surface area contributed by atoms with E-state index in [1.54, 1.807) is 4.90 Å². The van der Waals surface area contributed by atoms with Gasteiger partial charge in [-0.25, -0.2) is 0 Å². The molecule has 0 unspecified atom stereocenters. The first-order chi connectivity index (χ1) is 9.16. The summed E-state index contributed by atoms with van der Waals surface area (Å²) in [7, 11) is 1.95. The zero-order chi connectivity index (χ0) is 13.4. The maximum absolute atomic E-state index is 12.6.